The second kappa shape index (κ2) is 8.93. The molecule has 0 aliphatic carbocycles. The number of amides is 2. The Labute approximate surface area is 169 Å². The third kappa shape index (κ3) is 4.85. The Kier molecular flexibility index (Phi) is 5.92. The topological polar surface area (TPSA) is 101 Å². The smallest absolute Gasteiger partial charge is 0.410 e. The van der Waals surface area contributed by atoms with E-state index in [0.717, 1.165) is 37.2 Å². The van der Waals surface area contributed by atoms with Gasteiger partial charge in [0.2, 0.25) is 5.91 Å². The third-order valence-corrected chi connectivity index (χ3v) is 5.25. The molecule has 0 bridgehead atoms. The average molecular weight is 399 g/mol. The maximum Gasteiger partial charge on any atom is 0.410 e. The molecule has 9 heteroatoms. The Bertz CT molecular complexity index is 824. The first-order valence-electron chi connectivity index (χ1n) is 9.97. The van der Waals surface area contributed by atoms with Crippen LogP contribution in [-0.2, 0) is 9.53 Å². The highest BCUT2D eigenvalue weighted by Gasteiger charge is 2.28. The second-order valence-electron chi connectivity index (χ2n) is 7.40. The molecule has 2 aliphatic heterocycles. The highest BCUT2D eigenvalue weighted by molar-refractivity contribution is 5.82. The summed E-state index contributed by atoms with van der Waals surface area (Å²) in [4.78, 5) is 32.0. The van der Waals surface area contributed by atoms with E-state index in [1.807, 2.05) is 23.1 Å². The van der Waals surface area contributed by atoms with Crippen molar-refractivity contribution in [3.8, 4) is 17.1 Å². The molecule has 0 saturated carbocycles. The van der Waals surface area contributed by atoms with E-state index in [0.29, 0.717) is 32.1 Å². The monoisotopic (exact) mass is 399 g/mol. The molecule has 9 nitrogen and oxygen atoms in total. The van der Waals surface area contributed by atoms with Gasteiger partial charge in [0.15, 0.2) is 0 Å². The lowest BCUT2D eigenvalue weighted by Gasteiger charge is -2.34. The number of rotatable bonds is 6. The van der Waals surface area contributed by atoms with Gasteiger partial charge in [0, 0.05) is 31.7 Å². The van der Waals surface area contributed by atoms with Crippen molar-refractivity contribution in [2.24, 2.45) is 5.92 Å². The number of aromatic nitrogens is 3. The lowest BCUT2D eigenvalue weighted by molar-refractivity contribution is -0.134. The zero-order valence-corrected chi connectivity index (χ0v) is 16.2. The van der Waals surface area contributed by atoms with Crippen LogP contribution in [0.25, 0.3) is 11.4 Å². The lowest BCUT2D eigenvalue weighted by atomic mass is 9.99. The molecule has 2 fully saturated rings. The molecule has 0 aromatic carbocycles. The van der Waals surface area contributed by atoms with Crippen molar-refractivity contribution < 1.29 is 19.1 Å². The third-order valence-electron chi connectivity index (χ3n) is 5.25. The number of hydrogen-bond acceptors (Lipinski definition) is 6. The Morgan fingerprint density at radius 1 is 1.28 bits per heavy atom. The standard InChI is InChI=1S/C20H25N5O4/c26-19(13-25-9-2-10-28-20(25)27)24-8-1-3-15(12-24)14-29-16-4-5-17(21-11-16)18-6-7-22-23-18/h4-7,11,15H,1-3,8-10,12-14H2,(H,22,23)/t15-/m1/s1. The van der Waals surface area contributed by atoms with Gasteiger partial charge >= 0.3 is 6.09 Å². The van der Waals surface area contributed by atoms with Crippen LogP contribution >= 0.6 is 0 Å². The summed E-state index contributed by atoms with van der Waals surface area (Å²) in [5.74, 6) is 0.931. The lowest BCUT2D eigenvalue weighted by Crippen LogP contribution is -2.48. The van der Waals surface area contributed by atoms with Gasteiger partial charge in [0.05, 0.1) is 30.8 Å². The Morgan fingerprint density at radius 3 is 2.97 bits per heavy atom. The molecule has 2 amide bonds. The zero-order valence-electron chi connectivity index (χ0n) is 16.2. The Hall–Kier alpha value is -3.10. The largest absolute Gasteiger partial charge is 0.492 e. The summed E-state index contributed by atoms with van der Waals surface area (Å²) in [5.41, 5.74) is 1.66. The molecule has 1 N–H and O–H groups in total. The molecule has 2 saturated heterocycles. The zero-order chi connectivity index (χ0) is 20.1. The number of aromatic amines is 1. The molecule has 29 heavy (non-hydrogen) atoms. The molecule has 0 spiro atoms. The van der Waals surface area contributed by atoms with Gasteiger partial charge in [-0.3, -0.25) is 19.8 Å². The number of piperidine rings is 1. The summed E-state index contributed by atoms with van der Waals surface area (Å²) >= 11 is 0. The Morgan fingerprint density at radius 2 is 2.21 bits per heavy atom. The highest BCUT2D eigenvalue weighted by atomic mass is 16.6. The van der Waals surface area contributed by atoms with Crippen LogP contribution in [0.2, 0.25) is 0 Å². The first kappa shape index (κ1) is 19.2. The van der Waals surface area contributed by atoms with Gasteiger partial charge < -0.3 is 14.4 Å². The maximum atomic E-state index is 12.6. The van der Waals surface area contributed by atoms with Crippen LogP contribution in [-0.4, -0.2) is 76.4 Å². The van der Waals surface area contributed by atoms with E-state index in [2.05, 4.69) is 15.2 Å². The van der Waals surface area contributed by atoms with Crippen LogP contribution in [0.3, 0.4) is 0 Å². The number of carbonyl (C=O) groups excluding carboxylic acids is 2. The quantitative estimate of drug-likeness (QED) is 0.797. The molecule has 1 atom stereocenters. The van der Waals surface area contributed by atoms with Gasteiger partial charge in [-0.1, -0.05) is 0 Å². The van der Waals surface area contributed by atoms with Crippen LogP contribution in [0.5, 0.6) is 5.75 Å². The van der Waals surface area contributed by atoms with Crippen LogP contribution in [0.4, 0.5) is 4.79 Å². The minimum absolute atomic E-state index is 0.0286. The van der Waals surface area contributed by atoms with Crippen molar-refractivity contribution in [1.29, 1.82) is 0 Å². The van der Waals surface area contributed by atoms with Crippen molar-refractivity contribution in [1.82, 2.24) is 25.0 Å². The van der Waals surface area contributed by atoms with Crippen molar-refractivity contribution >= 4 is 12.0 Å². The summed E-state index contributed by atoms with van der Waals surface area (Å²) < 4.78 is 10.9. The van der Waals surface area contributed by atoms with Crippen LogP contribution in [0.15, 0.2) is 30.6 Å². The molecular weight excluding hydrogens is 374 g/mol. The first-order valence-corrected chi connectivity index (χ1v) is 9.97. The SMILES string of the molecule is O=C(CN1CCCOC1=O)N1CCC[C@@H](COc2ccc(-c3ccn[nH]3)nc2)C1. The van der Waals surface area contributed by atoms with E-state index in [9.17, 15) is 9.59 Å². The fourth-order valence-electron chi connectivity index (χ4n) is 3.67. The number of ether oxygens (including phenoxy) is 2. The molecule has 2 aliphatic rings. The van der Waals surface area contributed by atoms with Crippen molar-refractivity contribution in [3.63, 3.8) is 0 Å². The van der Waals surface area contributed by atoms with Crippen molar-refractivity contribution in [3.05, 3.63) is 30.6 Å². The van der Waals surface area contributed by atoms with E-state index in [1.165, 1.54) is 4.90 Å². The summed E-state index contributed by atoms with van der Waals surface area (Å²) in [7, 11) is 0. The predicted molar refractivity (Wildman–Crippen MR) is 104 cm³/mol. The van der Waals surface area contributed by atoms with Gasteiger partial charge in [0.25, 0.3) is 0 Å². The number of nitrogens with zero attached hydrogens (tertiary/aromatic N) is 4. The Balaban J connectivity index is 1.26. The van der Waals surface area contributed by atoms with E-state index in [-0.39, 0.29) is 18.4 Å². The molecular formula is C20H25N5O4. The molecule has 2 aromatic heterocycles. The predicted octanol–water partition coefficient (Wildman–Crippen LogP) is 1.93. The molecule has 4 rings (SSSR count). The maximum absolute atomic E-state index is 12.6. The molecule has 4 heterocycles. The molecule has 2 aromatic rings. The number of nitrogens with one attached hydrogen (secondary N) is 1. The van der Waals surface area contributed by atoms with E-state index >= 15 is 0 Å². The number of H-pyrrole nitrogens is 1. The van der Waals surface area contributed by atoms with Gasteiger partial charge in [0.1, 0.15) is 12.3 Å². The van der Waals surface area contributed by atoms with Gasteiger partial charge in [-0.15, -0.1) is 0 Å². The number of hydrogen-bond donors (Lipinski definition) is 1. The van der Waals surface area contributed by atoms with E-state index in [4.69, 9.17) is 9.47 Å². The van der Waals surface area contributed by atoms with E-state index in [1.54, 1.807) is 12.4 Å². The van der Waals surface area contributed by atoms with E-state index < -0.39 is 6.09 Å². The molecule has 0 unspecified atom stereocenters. The minimum atomic E-state index is -0.396. The molecule has 154 valence electrons. The normalized spacial score (nSPS) is 19.7. The summed E-state index contributed by atoms with van der Waals surface area (Å²) in [6.45, 7) is 2.99. The summed E-state index contributed by atoms with van der Waals surface area (Å²) in [6.07, 6.45) is 5.70. The van der Waals surface area contributed by atoms with Gasteiger partial charge in [-0.2, -0.15) is 5.10 Å². The summed E-state index contributed by atoms with van der Waals surface area (Å²) in [6, 6.07) is 5.63. The fourth-order valence-corrected chi connectivity index (χ4v) is 3.67. The highest BCUT2D eigenvalue weighted by Crippen LogP contribution is 2.21. The fraction of sp³-hybridized carbons (Fsp3) is 0.500. The van der Waals surface area contributed by atoms with Gasteiger partial charge in [-0.05, 0) is 37.5 Å². The number of likely N-dealkylation sites (tertiary alicyclic amines) is 1. The first-order chi connectivity index (χ1) is 14.2. The second-order valence-corrected chi connectivity index (χ2v) is 7.40. The number of carbonyl (C=O) groups is 2. The van der Waals surface area contributed by atoms with Crippen LogP contribution < -0.4 is 4.74 Å². The van der Waals surface area contributed by atoms with Crippen molar-refractivity contribution in [2.75, 3.05) is 39.4 Å². The van der Waals surface area contributed by atoms with Gasteiger partial charge in [-0.25, -0.2) is 4.79 Å². The van der Waals surface area contributed by atoms with Crippen LogP contribution in [0.1, 0.15) is 19.3 Å². The average Bonchev–Trinajstić information content (AvgIpc) is 3.29. The number of cyclic esters (lactones) is 1. The van der Waals surface area contributed by atoms with Crippen LogP contribution in [0, 0.1) is 5.92 Å². The molecule has 0 radical (unpaired) electrons. The summed E-state index contributed by atoms with van der Waals surface area (Å²) in [5, 5.41) is 6.80. The van der Waals surface area contributed by atoms with Crippen molar-refractivity contribution in [2.45, 2.75) is 19.3 Å². The minimum Gasteiger partial charge on any atom is -0.492 e. The number of pyridine rings is 1.